The number of benzene rings is 1. The van der Waals surface area contributed by atoms with Crippen molar-refractivity contribution < 1.29 is 19.1 Å². The van der Waals surface area contributed by atoms with Crippen molar-refractivity contribution in [2.24, 2.45) is 0 Å². The van der Waals surface area contributed by atoms with E-state index in [4.69, 9.17) is 15.2 Å². The molecule has 0 saturated carbocycles. The zero-order chi connectivity index (χ0) is 20.5. The Morgan fingerprint density at radius 3 is 2.62 bits per heavy atom. The standard InChI is InChI=1S/C21H22N4O4/c1-28-17-9-12(20(26)25-7-3-4-8-25)5-6-13(17)16-10-14-15(21(27)29-2)11-23-19(22)18(14)24-16/h5-6,9-11,24H,3-4,7-8H2,1-2H3,(H2,22,23). The minimum Gasteiger partial charge on any atom is -0.496 e. The Hall–Kier alpha value is -3.55. The molecule has 0 aliphatic carbocycles. The van der Waals surface area contributed by atoms with E-state index in [2.05, 4.69) is 9.97 Å². The molecule has 1 fully saturated rings. The number of nitrogen functional groups attached to an aromatic ring is 1. The summed E-state index contributed by atoms with van der Waals surface area (Å²) in [4.78, 5) is 33.9. The van der Waals surface area contributed by atoms with E-state index in [0.29, 0.717) is 33.5 Å². The number of esters is 1. The van der Waals surface area contributed by atoms with Gasteiger partial charge in [0, 0.05) is 35.8 Å². The van der Waals surface area contributed by atoms with Crippen molar-refractivity contribution in [2.75, 3.05) is 33.0 Å². The van der Waals surface area contributed by atoms with Gasteiger partial charge in [0.25, 0.3) is 5.91 Å². The summed E-state index contributed by atoms with van der Waals surface area (Å²) in [5, 5.41) is 0.610. The largest absolute Gasteiger partial charge is 0.496 e. The van der Waals surface area contributed by atoms with Gasteiger partial charge in [-0.25, -0.2) is 9.78 Å². The predicted molar refractivity (Wildman–Crippen MR) is 109 cm³/mol. The van der Waals surface area contributed by atoms with E-state index < -0.39 is 5.97 Å². The van der Waals surface area contributed by atoms with Crippen LogP contribution in [0.15, 0.2) is 30.5 Å². The smallest absolute Gasteiger partial charge is 0.340 e. The number of carbonyl (C=O) groups is 2. The normalized spacial score (nSPS) is 13.7. The molecule has 8 nitrogen and oxygen atoms in total. The Labute approximate surface area is 167 Å². The molecule has 0 spiro atoms. The third kappa shape index (κ3) is 3.26. The molecule has 0 atom stereocenters. The van der Waals surface area contributed by atoms with E-state index in [1.807, 2.05) is 11.0 Å². The van der Waals surface area contributed by atoms with Gasteiger partial charge in [0.2, 0.25) is 0 Å². The number of nitrogens with zero attached hydrogens (tertiary/aromatic N) is 2. The third-order valence-electron chi connectivity index (χ3n) is 5.23. The van der Waals surface area contributed by atoms with Crippen molar-refractivity contribution in [1.82, 2.24) is 14.9 Å². The average Bonchev–Trinajstić information content (AvgIpc) is 3.43. The van der Waals surface area contributed by atoms with Gasteiger partial charge in [0.1, 0.15) is 11.6 Å². The first kappa shape index (κ1) is 18.8. The first-order valence-corrected chi connectivity index (χ1v) is 9.36. The molecule has 0 bridgehead atoms. The van der Waals surface area contributed by atoms with Gasteiger partial charge in [-0.05, 0) is 37.1 Å². The fourth-order valence-electron chi connectivity index (χ4n) is 3.70. The van der Waals surface area contributed by atoms with Crippen LogP contribution in [0.4, 0.5) is 5.82 Å². The van der Waals surface area contributed by atoms with Gasteiger partial charge in [-0.3, -0.25) is 4.79 Å². The lowest BCUT2D eigenvalue weighted by molar-refractivity contribution is 0.0602. The minimum absolute atomic E-state index is 0.00502. The summed E-state index contributed by atoms with van der Waals surface area (Å²) in [6, 6.07) is 7.16. The van der Waals surface area contributed by atoms with Crippen LogP contribution in [0.1, 0.15) is 33.6 Å². The number of anilines is 1. The molecule has 1 aromatic carbocycles. The van der Waals surface area contributed by atoms with Gasteiger partial charge in [0.05, 0.1) is 31.0 Å². The van der Waals surface area contributed by atoms with Crippen molar-refractivity contribution in [3.63, 3.8) is 0 Å². The molecule has 1 aliphatic heterocycles. The lowest BCUT2D eigenvalue weighted by atomic mass is 10.1. The number of rotatable bonds is 4. The number of ether oxygens (including phenoxy) is 2. The van der Waals surface area contributed by atoms with E-state index in [0.717, 1.165) is 31.5 Å². The van der Waals surface area contributed by atoms with Gasteiger partial charge in [-0.1, -0.05) is 0 Å². The highest BCUT2D eigenvalue weighted by atomic mass is 16.5. The van der Waals surface area contributed by atoms with Gasteiger partial charge >= 0.3 is 5.97 Å². The number of hydrogen-bond acceptors (Lipinski definition) is 6. The number of nitrogens with two attached hydrogens (primary N) is 1. The number of aromatic nitrogens is 2. The zero-order valence-corrected chi connectivity index (χ0v) is 16.3. The molecular formula is C21H22N4O4. The molecule has 3 N–H and O–H groups in total. The zero-order valence-electron chi connectivity index (χ0n) is 16.3. The molecule has 4 rings (SSSR count). The molecule has 29 heavy (non-hydrogen) atoms. The Bertz CT molecular complexity index is 1100. The number of pyridine rings is 1. The van der Waals surface area contributed by atoms with Gasteiger partial charge < -0.3 is 25.1 Å². The highest BCUT2D eigenvalue weighted by molar-refractivity contribution is 6.07. The summed E-state index contributed by atoms with van der Waals surface area (Å²) in [5.41, 5.74) is 8.88. The second kappa shape index (κ2) is 7.46. The number of fused-ring (bicyclic) bond motifs is 1. The number of amides is 1. The van der Waals surface area contributed by atoms with Crippen LogP contribution in [0.3, 0.4) is 0 Å². The molecule has 0 radical (unpaired) electrons. The minimum atomic E-state index is -0.494. The number of H-pyrrole nitrogens is 1. The molecule has 8 heteroatoms. The summed E-state index contributed by atoms with van der Waals surface area (Å²) in [7, 11) is 2.87. The van der Waals surface area contributed by atoms with E-state index in [1.165, 1.54) is 13.3 Å². The summed E-state index contributed by atoms with van der Waals surface area (Å²) in [6.45, 7) is 1.57. The van der Waals surface area contributed by atoms with Gasteiger partial charge in [-0.2, -0.15) is 0 Å². The Morgan fingerprint density at radius 1 is 1.17 bits per heavy atom. The maximum absolute atomic E-state index is 12.7. The van der Waals surface area contributed by atoms with Gasteiger partial charge in [0.15, 0.2) is 0 Å². The lowest BCUT2D eigenvalue weighted by Crippen LogP contribution is -2.27. The number of nitrogens with one attached hydrogen (secondary N) is 1. The third-order valence-corrected chi connectivity index (χ3v) is 5.23. The van der Waals surface area contributed by atoms with Crippen molar-refractivity contribution in [3.05, 3.63) is 41.6 Å². The molecule has 3 aromatic rings. The van der Waals surface area contributed by atoms with Crippen LogP contribution in [0.2, 0.25) is 0 Å². The molecular weight excluding hydrogens is 372 g/mol. The summed E-state index contributed by atoms with van der Waals surface area (Å²) >= 11 is 0. The summed E-state index contributed by atoms with van der Waals surface area (Å²) < 4.78 is 10.4. The second-order valence-corrected chi connectivity index (χ2v) is 6.93. The highest BCUT2D eigenvalue weighted by Gasteiger charge is 2.22. The lowest BCUT2D eigenvalue weighted by Gasteiger charge is -2.16. The number of aromatic amines is 1. The van der Waals surface area contributed by atoms with E-state index in [9.17, 15) is 9.59 Å². The van der Waals surface area contributed by atoms with Gasteiger partial charge in [-0.15, -0.1) is 0 Å². The Balaban J connectivity index is 1.78. The Morgan fingerprint density at radius 2 is 1.93 bits per heavy atom. The molecule has 0 unspecified atom stereocenters. The maximum atomic E-state index is 12.7. The van der Waals surface area contributed by atoms with E-state index in [-0.39, 0.29) is 11.7 Å². The summed E-state index contributed by atoms with van der Waals surface area (Å²) in [5.74, 6) is 0.337. The van der Waals surface area contributed by atoms with Crippen LogP contribution < -0.4 is 10.5 Å². The fourth-order valence-corrected chi connectivity index (χ4v) is 3.70. The number of likely N-dealkylation sites (tertiary alicyclic amines) is 1. The molecule has 2 aromatic heterocycles. The molecule has 1 aliphatic rings. The Kier molecular flexibility index (Phi) is 4.84. The number of methoxy groups -OCH3 is 2. The van der Waals surface area contributed by atoms with Crippen LogP contribution in [0, 0.1) is 0 Å². The number of hydrogen-bond donors (Lipinski definition) is 2. The van der Waals surface area contributed by atoms with Crippen LogP contribution in [-0.4, -0.2) is 54.1 Å². The monoisotopic (exact) mass is 394 g/mol. The van der Waals surface area contributed by atoms with Crippen molar-refractivity contribution in [1.29, 1.82) is 0 Å². The van der Waals surface area contributed by atoms with E-state index >= 15 is 0 Å². The predicted octanol–water partition coefficient (Wildman–Crippen LogP) is 2.84. The quantitative estimate of drug-likeness (QED) is 0.659. The first-order valence-electron chi connectivity index (χ1n) is 9.36. The van der Waals surface area contributed by atoms with Crippen LogP contribution in [-0.2, 0) is 4.74 Å². The highest BCUT2D eigenvalue weighted by Crippen LogP contribution is 2.35. The number of carbonyl (C=O) groups excluding carboxylic acids is 2. The van der Waals surface area contributed by atoms with Crippen LogP contribution in [0.5, 0.6) is 5.75 Å². The van der Waals surface area contributed by atoms with Crippen molar-refractivity contribution in [2.45, 2.75) is 12.8 Å². The molecule has 3 heterocycles. The maximum Gasteiger partial charge on any atom is 0.340 e. The van der Waals surface area contributed by atoms with Crippen LogP contribution >= 0.6 is 0 Å². The molecule has 1 saturated heterocycles. The fraction of sp³-hybridized carbons (Fsp3) is 0.286. The molecule has 1 amide bonds. The van der Waals surface area contributed by atoms with Crippen LogP contribution in [0.25, 0.3) is 22.2 Å². The summed E-state index contributed by atoms with van der Waals surface area (Å²) in [6.07, 6.45) is 3.47. The SMILES string of the molecule is COC(=O)c1cnc(N)c2[nH]c(-c3ccc(C(=O)N4CCCC4)cc3OC)cc12. The average molecular weight is 394 g/mol. The van der Waals surface area contributed by atoms with E-state index in [1.54, 1.807) is 25.3 Å². The van der Waals surface area contributed by atoms with Crippen molar-refractivity contribution in [3.8, 4) is 17.0 Å². The molecule has 150 valence electrons. The topological polar surface area (TPSA) is 111 Å². The van der Waals surface area contributed by atoms with Crippen molar-refractivity contribution >= 4 is 28.6 Å². The first-order chi connectivity index (χ1) is 14.0. The second-order valence-electron chi connectivity index (χ2n) is 6.93.